The number of hydrogen-bond acceptors (Lipinski definition) is 4. The minimum absolute atomic E-state index is 0.200. The van der Waals surface area contributed by atoms with Gasteiger partial charge in [0.25, 0.3) is 0 Å². The zero-order chi connectivity index (χ0) is 11.5. The molecule has 0 aliphatic rings. The molecule has 1 aromatic rings. The first-order valence-electron chi connectivity index (χ1n) is 5.33. The lowest BCUT2D eigenvalue weighted by atomic mass is 9.83. The fraction of sp³-hybridized carbons (Fsp3) is 0.900. The summed E-state index contributed by atoms with van der Waals surface area (Å²) in [6.07, 6.45) is 1.97. The first kappa shape index (κ1) is 12.1. The summed E-state index contributed by atoms with van der Waals surface area (Å²) in [4.78, 5) is 1.51. The molecule has 1 heterocycles. The Balaban J connectivity index is 2.55. The molecule has 0 radical (unpaired) electrons. The predicted octanol–water partition coefficient (Wildman–Crippen LogP) is 0.777. The minimum atomic E-state index is 0.200. The molecular weight excluding hydrogens is 190 g/mol. The fourth-order valence-corrected chi connectivity index (χ4v) is 1.83. The number of nitrogens with one attached hydrogen (secondary N) is 1. The molecule has 0 amide bonds. The number of tetrazole rings is 1. The van der Waals surface area contributed by atoms with E-state index in [2.05, 4.69) is 41.5 Å². The number of aromatic nitrogens is 4. The third kappa shape index (κ3) is 3.95. The van der Waals surface area contributed by atoms with Gasteiger partial charge in [-0.3, -0.25) is 0 Å². The Bertz CT molecular complexity index is 305. The third-order valence-electron chi connectivity index (χ3n) is 2.54. The molecule has 0 spiro atoms. The minimum Gasteiger partial charge on any atom is -0.317 e. The summed E-state index contributed by atoms with van der Waals surface area (Å²) in [5.74, 6) is 0.825. The summed E-state index contributed by atoms with van der Waals surface area (Å²) in [6, 6.07) is 0.511. The Kier molecular flexibility index (Phi) is 3.79. The van der Waals surface area contributed by atoms with Crippen molar-refractivity contribution in [2.24, 2.45) is 12.5 Å². The highest BCUT2D eigenvalue weighted by molar-refractivity contribution is 4.87. The van der Waals surface area contributed by atoms with Crippen LogP contribution in [0, 0.1) is 5.41 Å². The molecular formula is C10H21N5. The van der Waals surface area contributed by atoms with E-state index in [9.17, 15) is 0 Å². The molecule has 0 saturated heterocycles. The smallest absolute Gasteiger partial charge is 0.175 e. The van der Waals surface area contributed by atoms with Gasteiger partial charge in [0.1, 0.15) is 0 Å². The van der Waals surface area contributed by atoms with Gasteiger partial charge in [-0.2, -0.15) is 4.80 Å². The maximum absolute atomic E-state index is 4.20. The molecule has 1 rings (SSSR count). The van der Waals surface area contributed by atoms with Gasteiger partial charge in [0.2, 0.25) is 0 Å². The standard InChI is InChI=1S/C10H21N5/c1-8(11-4)6-10(2,3)7-9-12-14-15(5)13-9/h8,11H,6-7H2,1-5H3. The van der Waals surface area contributed by atoms with Crippen molar-refractivity contribution in [3.63, 3.8) is 0 Å². The van der Waals surface area contributed by atoms with Crippen molar-refractivity contribution in [3.8, 4) is 0 Å². The zero-order valence-corrected chi connectivity index (χ0v) is 10.3. The normalized spacial score (nSPS) is 14.2. The van der Waals surface area contributed by atoms with Crippen LogP contribution < -0.4 is 5.32 Å². The van der Waals surface area contributed by atoms with Crippen molar-refractivity contribution < 1.29 is 0 Å². The highest BCUT2D eigenvalue weighted by atomic mass is 15.6. The molecule has 15 heavy (non-hydrogen) atoms. The predicted molar refractivity (Wildman–Crippen MR) is 59.4 cm³/mol. The quantitative estimate of drug-likeness (QED) is 0.782. The summed E-state index contributed by atoms with van der Waals surface area (Å²) < 4.78 is 0. The van der Waals surface area contributed by atoms with E-state index < -0.39 is 0 Å². The lowest BCUT2D eigenvalue weighted by Gasteiger charge is -2.26. The van der Waals surface area contributed by atoms with Crippen LogP contribution in [0.3, 0.4) is 0 Å². The molecule has 1 atom stereocenters. The second kappa shape index (κ2) is 4.70. The summed E-state index contributed by atoms with van der Waals surface area (Å²) in [5, 5.41) is 15.3. The van der Waals surface area contributed by atoms with Gasteiger partial charge in [-0.25, -0.2) is 0 Å². The van der Waals surface area contributed by atoms with Crippen LogP contribution in [0.4, 0.5) is 0 Å². The topological polar surface area (TPSA) is 55.6 Å². The van der Waals surface area contributed by atoms with Crippen LogP contribution in [0.5, 0.6) is 0 Å². The van der Waals surface area contributed by atoms with Crippen molar-refractivity contribution in [2.75, 3.05) is 7.05 Å². The lowest BCUT2D eigenvalue weighted by molar-refractivity contribution is 0.288. The highest BCUT2D eigenvalue weighted by Gasteiger charge is 2.23. The molecule has 5 heteroatoms. The van der Waals surface area contributed by atoms with Crippen molar-refractivity contribution in [3.05, 3.63) is 5.82 Å². The fourth-order valence-electron chi connectivity index (χ4n) is 1.83. The van der Waals surface area contributed by atoms with E-state index in [0.29, 0.717) is 6.04 Å². The van der Waals surface area contributed by atoms with E-state index in [4.69, 9.17) is 0 Å². The van der Waals surface area contributed by atoms with Crippen molar-refractivity contribution in [2.45, 2.75) is 39.7 Å². The van der Waals surface area contributed by atoms with Gasteiger partial charge in [-0.05, 0) is 31.0 Å². The lowest BCUT2D eigenvalue weighted by Crippen LogP contribution is -2.29. The van der Waals surface area contributed by atoms with Crippen LogP contribution in [0.15, 0.2) is 0 Å². The van der Waals surface area contributed by atoms with E-state index in [0.717, 1.165) is 18.7 Å². The van der Waals surface area contributed by atoms with Gasteiger partial charge in [0.05, 0.1) is 7.05 Å². The van der Waals surface area contributed by atoms with Crippen molar-refractivity contribution in [1.82, 2.24) is 25.5 Å². The highest BCUT2D eigenvalue weighted by Crippen LogP contribution is 2.25. The maximum atomic E-state index is 4.20. The van der Waals surface area contributed by atoms with Crippen LogP contribution in [0.2, 0.25) is 0 Å². The second-order valence-electron chi connectivity index (χ2n) is 4.93. The van der Waals surface area contributed by atoms with Crippen LogP contribution in [-0.4, -0.2) is 33.3 Å². The van der Waals surface area contributed by atoms with Gasteiger partial charge in [-0.15, -0.1) is 10.2 Å². The molecule has 0 bridgehead atoms. The Morgan fingerprint density at radius 3 is 2.60 bits per heavy atom. The summed E-state index contributed by atoms with van der Waals surface area (Å²) in [7, 11) is 3.78. The molecule has 0 aromatic carbocycles. The van der Waals surface area contributed by atoms with Gasteiger partial charge < -0.3 is 5.32 Å². The monoisotopic (exact) mass is 211 g/mol. The molecule has 1 unspecified atom stereocenters. The molecule has 0 fully saturated rings. The molecule has 0 aliphatic heterocycles. The van der Waals surface area contributed by atoms with Crippen LogP contribution in [-0.2, 0) is 13.5 Å². The SMILES string of the molecule is CNC(C)CC(C)(C)Cc1nnn(C)n1. The molecule has 1 aromatic heterocycles. The summed E-state index contributed by atoms with van der Waals surface area (Å²) >= 11 is 0. The first-order valence-corrected chi connectivity index (χ1v) is 5.33. The Morgan fingerprint density at radius 1 is 1.47 bits per heavy atom. The molecule has 0 saturated carbocycles. The number of aryl methyl sites for hydroxylation is 1. The van der Waals surface area contributed by atoms with E-state index in [1.54, 1.807) is 7.05 Å². The third-order valence-corrected chi connectivity index (χ3v) is 2.54. The number of nitrogens with zero attached hydrogens (tertiary/aromatic N) is 4. The van der Waals surface area contributed by atoms with E-state index in [1.165, 1.54) is 4.80 Å². The van der Waals surface area contributed by atoms with Gasteiger partial charge in [-0.1, -0.05) is 13.8 Å². The number of rotatable bonds is 5. The van der Waals surface area contributed by atoms with Crippen molar-refractivity contribution >= 4 is 0 Å². The van der Waals surface area contributed by atoms with Crippen LogP contribution >= 0.6 is 0 Å². The average Bonchev–Trinajstić information content (AvgIpc) is 2.49. The van der Waals surface area contributed by atoms with Crippen molar-refractivity contribution in [1.29, 1.82) is 0 Å². The van der Waals surface area contributed by atoms with Crippen LogP contribution in [0.1, 0.15) is 33.0 Å². The second-order valence-corrected chi connectivity index (χ2v) is 4.93. The summed E-state index contributed by atoms with van der Waals surface area (Å²) in [5.41, 5.74) is 0.200. The van der Waals surface area contributed by atoms with E-state index in [-0.39, 0.29) is 5.41 Å². The maximum Gasteiger partial charge on any atom is 0.175 e. The molecule has 1 N–H and O–H groups in total. The van der Waals surface area contributed by atoms with E-state index >= 15 is 0 Å². The first-order chi connectivity index (χ1) is 6.93. The number of hydrogen-bond donors (Lipinski definition) is 1. The van der Waals surface area contributed by atoms with Gasteiger partial charge >= 0.3 is 0 Å². The van der Waals surface area contributed by atoms with Gasteiger partial charge in [0, 0.05) is 12.5 Å². The summed E-state index contributed by atoms with van der Waals surface area (Å²) in [6.45, 7) is 6.65. The molecule has 5 nitrogen and oxygen atoms in total. The van der Waals surface area contributed by atoms with Gasteiger partial charge in [0.15, 0.2) is 5.82 Å². The Labute approximate surface area is 91.2 Å². The van der Waals surface area contributed by atoms with Crippen LogP contribution in [0.25, 0.3) is 0 Å². The average molecular weight is 211 g/mol. The van der Waals surface area contributed by atoms with E-state index in [1.807, 2.05) is 7.05 Å². The molecule has 0 aliphatic carbocycles. The largest absolute Gasteiger partial charge is 0.317 e. The molecule has 86 valence electrons. The Morgan fingerprint density at radius 2 is 2.13 bits per heavy atom. The Hall–Kier alpha value is -0.970. The zero-order valence-electron chi connectivity index (χ0n) is 10.3.